The number of nitrogens with one attached hydrogen (secondary N) is 2. The number of carbonyl (C=O) groups excluding carboxylic acids is 2. The Kier molecular flexibility index (Phi) is 7.34. The number of nitrogens with zero attached hydrogens (tertiary/aromatic N) is 3. The molecule has 0 fully saturated rings. The molecule has 1 heterocycles. The van der Waals surface area contributed by atoms with Gasteiger partial charge in [-0.1, -0.05) is 44.2 Å². The average molecular weight is 386 g/mol. The summed E-state index contributed by atoms with van der Waals surface area (Å²) >= 11 is 0. The van der Waals surface area contributed by atoms with Crippen LogP contribution in [0.15, 0.2) is 30.3 Å². The fourth-order valence-electron chi connectivity index (χ4n) is 3.12. The minimum absolute atomic E-state index is 0.0183. The number of aromatic nitrogens is 2. The molecule has 2 N–H and O–H groups in total. The summed E-state index contributed by atoms with van der Waals surface area (Å²) in [6, 6.07) is 9.86. The van der Waals surface area contributed by atoms with E-state index in [1.165, 1.54) is 0 Å². The molecule has 7 nitrogen and oxygen atoms in total. The molecular weight excluding hydrogens is 354 g/mol. The maximum atomic E-state index is 12.4. The molecule has 0 aliphatic heterocycles. The molecule has 0 bridgehead atoms. The number of anilines is 1. The van der Waals surface area contributed by atoms with Gasteiger partial charge in [0.25, 0.3) is 0 Å². The van der Waals surface area contributed by atoms with Gasteiger partial charge in [-0.25, -0.2) is 0 Å². The molecule has 7 heteroatoms. The summed E-state index contributed by atoms with van der Waals surface area (Å²) in [4.78, 5) is 26.7. The van der Waals surface area contributed by atoms with E-state index in [0.29, 0.717) is 23.8 Å². The molecule has 2 aromatic rings. The van der Waals surface area contributed by atoms with Gasteiger partial charge in [0.05, 0.1) is 23.1 Å². The highest BCUT2D eigenvalue weighted by Crippen LogP contribution is 2.20. The van der Waals surface area contributed by atoms with E-state index in [1.807, 2.05) is 67.9 Å². The molecule has 1 aromatic carbocycles. The van der Waals surface area contributed by atoms with Crippen molar-refractivity contribution < 1.29 is 9.59 Å². The zero-order valence-corrected chi connectivity index (χ0v) is 17.6. The minimum Gasteiger partial charge on any atom is -0.346 e. The Hall–Kier alpha value is -2.67. The first-order valence-electron chi connectivity index (χ1n) is 9.55. The van der Waals surface area contributed by atoms with Crippen LogP contribution in [0.4, 0.5) is 5.69 Å². The van der Waals surface area contributed by atoms with Gasteiger partial charge in [0.2, 0.25) is 0 Å². The fourth-order valence-corrected chi connectivity index (χ4v) is 3.12. The van der Waals surface area contributed by atoms with Crippen molar-refractivity contribution in [1.82, 2.24) is 20.0 Å². The fraction of sp³-hybridized carbons (Fsp3) is 0.476. The molecule has 0 radical (unpaired) electrons. The number of likely N-dealkylation sites (N-methyl/N-ethyl adjacent to an activating group) is 1. The Labute approximate surface area is 167 Å². The Bertz CT molecular complexity index is 812. The van der Waals surface area contributed by atoms with E-state index in [-0.39, 0.29) is 6.04 Å². The van der Waals surface area contributed by atoms with Crippen molar-refractivity contribution >= 4 is 17.5 Å². The summed E-state index contributed by atoms with van der Waals surface area (Å²) in [5.74, 6) is -0.898. The topological polar surface area (TPSA) is 79.3 Å². The zero-order valence-electron chi connectivity index (χ0n) is 17.6. The quantitative estimate of drug-likeness (QED) is 0.718. The SMILES string of the molecule is Cc1nn(CC(C)C)c(C)c1NC(=O)C(=O)NC[C@@H](c1ccccc1)N(C)C. The zero-order chi connectivity index (χ0) is 20.8. The van der Waals surface area contributed by atoms with E-state index in [9.17, 15) is 9.59 Å². The van der Waals surface area contributed by atoms with Gasteiger partial charge < -0.3 is 15.5 Å². The molecular formula is C21H31N5O2. The van der Waals surface area contributed by atoms with Crippen molar-refractivity contribution in [3.05, 3.63) is 47.3 Å². The van der Waals surface area contributed by atoms with E-state index in [1.54, 1.807) is 0 Å². The first-order chi connectivity index (χ1) is 13.2. The van der Waals surface area contributed by atoms with E-state index >= 15 is 0 Å². The molecule has 0 aliphatic rings. The lowest BCUT2D eigenvalue weighted by Crippen LogP contribution is -2.40. The Morgan fingerprint density at radius 1 is 1.11 bits per heavy atom. The largest absolute Gasteiger partial charge is 0.346 e. The predicted molar refractivity (Wildman–Crippen MR) is 111 cm³/mol. The number of hydrogen-bond donors (Lipinski definition) is 2. The maximum Gasteiger partial charge on any atom is 0.313 e. The molecule has 1 atom stereocenters. The number of amides is 2. The summed E-state index contributed by atoms with van der Waals surface area (Å²) in [5, 5.41) is 9.92. The number of rotatable bonds is 7. The first kappa shape index (κ1) is 21.6. The van der Waals surface area contributed by atoms with E-state index in [2.05, 4.69) is 29.6 Å². The van der Waals surface area contributed by atoms with Crippen LogP contribution in [0.5, 0.6) is 0 Å². The summed E-state index contributed by atoms with van der Waals surface area (Å²) in [7, 11) is 3.89. The van der Waals surface area contributed by atoms with Gasteiger partial charge in [-0.2, -0.15) is 5.10 Å². The molecule has 0 saturated carbocycles. The summed E-state index contributed by atoms with van der Waals surface area (Å²) in [5.41, 5.74) is 3.24. The van der Waals surface area contributed by atoms with Gasteiger partial charge in [-0.3, -0.25) is 14.3 Å². The van der Waals surface area contributed by atoms with Crippen molar-refractivity contribution in [1.29, 1.82) is 0 Å². The number of aryl methyl sites for hydroxylation is 1. The Morgan fingerprint density at radius 2 is 1.75 bits per heavy atom. The minimum atomic E-state index is -0.680. The van der Waals surface area contributed by atoms with Crippen LogP contribution in [0.2, 0.25) is 0 Å². The second-order valence-corrected chi connectivity index (χ2v) is 7.68. The lowest BCUT2D eigenvalue weighted by atomic mass is 10.1. The van der Waals surface area contributed by atoms with Crippen LogP contribution in [0.1, 0.15) is 36.8 Å². The second-order valence-electron chi connectivity index (χ2n) is 7.68. The molecule has 28 heavy (non-hydrogen) atoms. The number of carbonyl (C=O) groups is 2. The second kappa shape index (κ2) is 9.50. The molecule has 0 aliphatic carbocycles. The number of hydrogen-bond acceptors (Lipinski definition) is 4. The maximum absolute atomic E-state index is 12.4. The van der Waals surface area contributed by atoms with Gasteiger partial charge >= 0.3 is 11.8 Å². The lowest BCUT2D eigenvalue weighted by molar-refractivity contribution is -0.136. The first-order valence-corrected chi connectivity index (χ1v) is 9.55. The van der Waals surface area contributed by atoms with Gasteiger partial charge in [-0.05, 0) is 39.4 Å². The van der Waals surface area contributed by atoms with Crippen LogP contribution < -0.4 is 10.6 Å². The Morgan fingerprint density at radius 3 is 2.32 bits per heavy atom. The lowest BCUT2D eigenvalue weighted by Gasteiger charge is -2.25. The van der Waals surface area contributed by atoms with Gasteiger partial charge in [0.1, 0.15) is 0 Å². The van der Waals surface area contributed by atoms with E-state index in [0.717, 1.165) is 17.8 Å². The normalized spacial score (nSPS) is 12.3. The van der Waals surface area contributed by atoms with Gasteiger partial charge in [-0.15, -0.1) is 0 Å². The molecule has 152 valence electrons. The summed E-state index contributed by atoms with van der Waals surface area (Å²) in [6.45, 7) is 9.04. The highest BCUT2D eigenvalue weighted by molar-refractivity contribution is 6.39. The molecule has 2 amide bonds. The van der Waals surface area contributed by atoms with Crippen molar-refractivity contribution in [2.75, 3.05) is 26.0 Å². The van der Waals surface area contributed by atoms with Crippen molar-refractivity contribution in [3.8, 4) is 0 Å². The van der Waals surface area contributed by atoms with Crippen molar-refractivity contribution in [2.45, 2.75) is 40.3 Å². The smallest absolute Gasteiger partial charge is 0.313 e. The van der Waals surface area contributed by atoms with Crippen molar-refractivity contribution in [2.24, 2.45) is 5.92 Å². The predicted octanol–water partition coefficient (Wildman–Crippen LogP) is 2.51. The third-order valence-electron chi connectivity index (χ3n) is 4.63. The number of benzene rings is 1. The van der Waals surface area contributed by atoms with E-state index in [4.69, 9.17) is 0 Å². The van der Waals surface area contributed by atoms with Crippen LogP contribution in [0.25, 0.3) is 0 Å². The van der Waals surface area contributed by atoms with E-state index < -0.39 is 11.8 Å². The van der Waals surface area contributed by atoms with Crippen LogP contribution in [0.3, 0.4) is 0 Å². The third-order valence-corrected chi connectivity index (χ3v) is 4.63. The molecule has 0 spiro atoms. The third kappa shape index (κ3) is 5.42. The molecule has 0 unspecified atom stereocenters. The average Bonchev–Trinajstić information content (AvgIpc) is 2.89. The summed E-state index contributed by atoms with van der Waals surface area (Å²) in [6.07, 6.45) is 0. The van der Waals surface area contributed by atoms with Crippen molar-refractivity contribution in [3.63, 3.8) is 0 Å². The van der Waals surface area contributed by atoms with Crippen LogP contribution in [-0.2, 0) is 16.1 Å². The molecule has 2 rings (SSSR count). The van der Waals surface area contributed by atoms with Gasteiger partial charge in [0, 0.05) is 13.1 Å². The highest BCUT2D eigenvalue weighted by atomic mass is 16.2. The Balaban J connectivity index is 2.01. The standard InChI is InChI=1S/C21H31N5O2/c1-14(2)13-26-16(4)19(15(3)24-26)23-21(28)20(27)22-12-18(25(5)6)17-10-8-7-9-11-17/h7-11,14,18H,12-13H2,1-6H3,(H,22,27)(H,23,28)/t18-/m0/s1. The van der Waals surface area contributed by atoms with Gasteiger partial charge in [0.15, 0.2) is 0 Å². The molecule has 1 aromatic heterocycles. The summed E-state index contributed by atoms with van der Waals surface area (Å²) < 4.78 is 1.87. The monoisotopic (exact) mass is 385 g/mol. The molecule has 0 saturated heterocycles. The van der Waals surface area contributed by atoms with Crippen LogP contribution >= 0.6 is 0 Å². The van der Waals surface area contributed by atoms with Crippen LogP contribution in [0, 0.1) is 19.8 Å². The highest BCUT2D eigenvalue weighted by Gasteiger charge is 2.21. The van der Waals surface area contributed by atoms with Crippen LogP contribution in [-0.4, -0.2) is 47.1 Å².